The van der Waals surface area contributed by atoms with Crippen molar-refractivity contribution in [2.24, 2.45) is 5.41 Å². The van der Waals surface area contributed by atoms with E-state index in [0.29, 0.717) is 36.7 Å². The molecule has 9 heteroatoms. The van der Waals surface area contributed by atoms with Crippen LogP contribution < -0.4 is 14.2 Å². The lowest BCUT2D eigenvalue weighted by molar-refractivity contribution is -0.385. The number of ether oxygens (including phenoxy) is 3. The van der Waals surface area contributed by atoms with E-state index in [1.54, 1.807) is 6.07 Å². The zero-order valence-electron chi connectivity index (χ0n) is 19.3. The SMILES string of the molecule is Cc1ccccc1OCC(=O)N1CCC2(CCN(Cc3cc4c(cc3[N+](=O)[O-])OCO4)C2)CC1. The molecule has 0 bridgehead atoms. The Bertz CT molecular complexity index is 1100. The van der Waals surface area contributed by atoms with Gasteiger partial charge < -0.3 is 19.1 Å². The number of nitro benzene ring substituents is 1. The van der Waals surface area contributed by atoms with E-state index in [1.165, 1.54) is 6.07 Å². The van der Waals surface area contributed by atoms with Crippen LogP contribution in [0.2, 0.25) is 0 Å². The van der Waals surface area contributed by atoms with Crippen molar-refractivity contribution < 1.29 is 23.9 Å². The van der Waals surface area contributed by atoms with E-state index in [9.17, 15) is 14.9 Å². The highest BCUT2D eigenvalue weighted by atomic mass is 16.7. The fourth-order valence-electron chi connectivity index (χ4n) is 5.26. The molecular formula is C25H29N3O6. The number of carbonyl (C=O) groups excluding carboxylic acids is 1. The van der Waals surface area contributed by atoms with Gasteiger partial charge in [0.15, 0.2) is 18.1 Å². The third kappa shape index (κ3) is 4.52. The summed E-state index contributed by atoms with van der Waals surface area (Å²) in [6, 6.07) is 10.9. The van der Waals surface area contributed by atoms with Gasteiger partial charge in [0.05, 0.1) is 11.0 Å². The molecule has 0 unspecified atom stereocenters. The molecule has 0 aromatic heterocycles. The van der Waals surface area contributed by atoms with Gasteiger partial charge in [0.1, 0.15) is 5.75 Å². The Morgan fingerprint density at radius 1 is 1.12 bits per heavy atom. The Kier molecular flexibility index (Phi) is 6.03. The van der Waals surface area contributed by atoms with Crippen LogP contribution in [0.5, 0.6) is 17.2 Å². The number of carbonyl (C=O) groups is 1. The fraction of sp³-hybridized carbons (Fsp3) is 0.480. The zero-order valence-corrected chi connectivity index (χ0v) is 19.3. The summed E-state index contributed by atoms with van der Waals surface area (Å²) in [5, 5.41) is 11.6. The summed E-state index contributed by atoms with van der Waals surface area (Å²) in [5.41, 5.74) is 1.88. The summed E-state index contributed by atoms with van der Waals surface area (Å²) in [4.78, 5) is 28.1. The van der Waals surface area contributed by atoms with Crippen LogP contribution in [0.1, 0.15) is 30.4 Å². The zero-order chi connectivity index (χ0) is 23.7. The normalized spacial score (nSPS) is 18.9. The van der Waals surface area contributed by atoms with Gasteiger partial charge in [0.2, 0.25) is 6.79 Å². The maximum absolute atomic E-state index is 12.7. The van der Waals surface area contributed by atoms with Gasteiger partial charge in [-0.2, -0.15) is 0 Å². The molecule has 3 heterocycles. The van der Waals surface area contributed by atoms with Gasteiger partial charge in [0, 0.05) is 31.7 Å². The molecule has 3 aliphatic heterocycles. The first kappa shape index (κ1) is 22.5. The molecule has 3 aliphatic rings. The van der Waals surface area contributed by atoms with Crippen LogP contribution in [-0.2, 0) is 11.3 Å². The van der Waals surface area contributed by atoms with Gasteiger partial charge in [-0.05, 0) is 55.8 Å². The summed E-state index contributed by atoms with van der Waals surface area (Å²) in [6.07, 6.45) is 2.90. The highest BCUT2D eigenvalue weighted by Crippen LogP contribution is 2.43. The quantitative estimate of drug-likeness (QED) is 0.474. The number of hydrogen-bond donors (Lipinski definition) is 0. The minimum atomic E-state index is -0.355. The Morgan fingerprint density at radius 3 is 2.56 bits per heavy atom. The number of amides is 1. The van der Waals surface area contributed by atoms with E-state index in [4.69, 9.17) is 14.2 Å². The van der Waals surface area contributed by atoms with Crippen LogP contribution in [0.3, 0.4) is 0 Å². The van der Waals surface area contributed by atoms with Gasteiger partial charge >= 0.3 is 0 Å². The van der Waals surface area contributed by atoms with E-state index < -0.39 is 0 Å². The number of aryl methyl sites for hydroxylation is 1. The third-order valence-electron chi connectivity index (χ3n) is 7.30. The van der Waals surface area contributed by atoms with Crippen LogP contribution in [0.15, 0.2) is 36.4 Å². The van der Waals surface area contributed by atoms with Crippen LogP contribution in [0.25, 0.3) is 0 Å². The third-order valence-corrected chi connectivity index (χ3v) is 7.30. The summed E-state index contributed by atoms with van der Waals surface area (Å²) in [5.74, 6) is 1.75. The predicted molar refractivity (Wildman–Crippen MR) is 124 cm³/mol. The molecular weight excluding hydrogens is 438 g/mol. The monoisotopic (exact) mass is 467 g/mol. The van der Waals surface area contributed by atoms with E-state index in [-0.39, 0.29) is 35.3 Å². The number of nitrogens with zero attached hydrogens (tertiary/aromatic N) is 3. The van der Waals surface area contributed by atoms with E-state index in [2.05, 4.69) is 4.90 Å². The van der Waals surface area contributed by atoms with Crippen LogP contribution in [0, 0.1) is 22.5 Å². The molecule has 0 radical (unpaired) electrons. The number of benzene rings is 2. The summed E-state index contributed by atoms with van der Waals surface area (Å²) in [7, 11) is 0. The molecule has 2 aromatic carbocycles. The van der Waals surface area contributed by atoms with Crippen molar-refractivity contribution >= 4 is 11.6 Å². The van der Waals surface area contributed by atoms with E-state index >= 15 is 0 Å². The first-order valence-electron chi connectivity index (χ1n) is 11.7. The first-order valence-corrected chi connectivity index (χ1v) is 11.7. The lowest BCUT2D eigenvalue weighted by Crippen LogP contribution is -2.45. The van der Waals surface area contributed by atoms with Crippen molar-refractivity contribution in [3.05, 3.63) is 57.6 Å². The van der Waals surface area contributed by atoms with Gasteiger partial charge in [0.25, 0.3) is 11.6 Å². The molecule has 5 rings (SSSR count). The number of rotatable bonds is 6. The molecule has 9 nitrogen and oxygen atoms in total. The van der Waals surface area contributed by atoms with Gasteiger partial charge in [-0.3, -0.25) is 19.8 Å². The van der Waals surface area contributed by atoms with Crippen molar-refractivity contribution in [1.82, 2.24) is 9.80 Å². The lowest BCUT2D eigenvalue weighted by Gasteiger charge is -2.39. The summed E-state index contributed by atoms with van der Waals surface area (Å²) >= 11 is 0. The summed E-state index contributed by atoms with van der Waals surface area (Å²) in [6.45, 7) is 5.81. The molecule has 2 fully saturated rings. The smallest absolute Gasteiger partial charge is 0.277 e. The number of likely N-dealkylation sites (tertiary alicyclic amines) is 2. The van der Waals surface area contributed by atoms with Crippen LogP contribution in [-0.4, -0.2) is 60.2 Å². The minimum absolute atomic E-state index is 0.0175. The van der Waals surface area contributed by atoms with E-state index in [1.807, 2.05) is 36.1 Å². The molecule has 0 saturated carbocycles. The Labute approximate surface area is 198 Å². The Hall–Kier alpha value is -3.33. The second-order valence-corrected chi connectivity index (χ2v) is 9.49. The number of nitro groups is 1. The molecule has 1 spiro atoms. The fourth-order valence-corrected chi connectivity index (χ4v) is 5.26. The summed E-state index contributed by atoms with van der Waals surface area (Å²) < 4.78 is 16.5. The topological polar surface area (TPSA) is 94.4 Å². The molecule has 0 aliphatic carbocycles. The standard InChI is InChI=1S/C25H29N3O6/c1-18-4-2-3-5-21(18)32-15-24(29)27-10-7-25(8-11-27)6-9-26(16-25)14-19-12-22-23(34-17-33-22)13-20(19)28(30)31/h2-5,12-13H,6-11,14-17H2,1H3. The molecule has 2 saturated heterocycles. The number of hydrogen-bond acceptors (Lipinski definition) is 7. The van der Waals surface area contributed by atoms with Gasteiger partial charge in [-0.15, -0.1) is 0 Å². The molecule has 0 N–H and O–H groups in total. The Morgan fingerprint density at radius 2 is 1.82 bits per heavy atom. The van der Waals surface area contributed by atoms with Gasteiger partial charge in [-0.25, -0.2) is 0 Å². The second-order valence-electron chi connectivity index (χ2n) is 9.49. The van der Waals surface area contributed by atoms with Crippen LogP contribution in [0.4, 0.5) is 5.69 Å². The van der Waals surface area contributed by atoms with Crippen molar-refractivity contribution in [3.8, 4) is 17.2 Å². The lowest BCUT2D eigenvalue weighted by atomic mass is 9.78. The van der Waals surface area contributed by atoms with Crippen molar-refractivity contribution in [2.45, 2.75) is 32.7 Å². The molecule has 2 aromatic rings. The second kappa shape index (κ2) is 9.13. The van der Waals surface area contributed by atoms with E-state index in [0.717, 1.165) is 43.7 Å². The molecule has 1 amide bonds. The first-order chi connectivity index (χ1) is 16.4. The van der Waals surface area contributed by atoms with Crippen molar-refractivity contribution in [2.75, 3.05) is 39.6 Å². The highest BCUT2D eigenvalue weighted by Gasteiger charge is 2.41. The number of piperidine rings is 1. The van der Waals surface area contributed by atoms with Crippen molar-refractivity contribution in [3.63, 3.8) is 0 Å². The average Bonchev–Trinajstić information content (AvgIpc) is 3.45. The highest BCUT2D eigenvalue weighted by molar-refractivity contribution is 5.78. The average molecular weight is 468 g/mol. The largest absolute Gasteiger partial charge is 0.484 e. The minimum Gasteiger partial charge on any atom is -0.484 e. The molecule has 180 valence electrons. The molecule has 34 heavy (non-hydrogen) atoms. The Balaban J connectivity index is 1.16. The van der Waals surface area contributed by atoms with Gasteiger partial charge in [-0.1, -0.05) is 18.2 Å². The molecule has 0 atom stereocenters. The maximum Gasteiger partial charge on any atom is 0.277 e. The number of fused-ring (bicyclic) bond motifs is 1. The van der Waals surface area contributed by atoms with Crippen LogP contribution >= 0.6 is 0 Å². The number of para-hydroxylation sites is 1. The van der Waals surface area contributed by atoms with Crippen molar-refractivity contribution in [1.29, 1.82) is 0 Å². The predicted octanol–water partition coefficient (Wildman–Crippen LogP) is 3.53. The maximum atomic E-state index is 12.7.